The molecule has 0 unspecified atom stereocenters. The number of methoxy groups -OCH3 is 2. The van der Waals surface area contributed by atoms with E-state index in [0.29, 0.717) is 22.7 Å². The van der Waals surface area contributed by atoms with Crippen LogP contribution in [-0.2, 0) is 19.6 Å². The van der Waals surface area contributed by atoms with Crippen LogP contribution in [0.2, 0.25) is 0 Å². The second kappa shape index (κ2) is 10.4. The van der Waals surface area contributed by atoms with Crippen molar-refractivity contribution in [2.24, 2.45) is 5.10 Å². The molecule has 0 spiro atoms. The molecule has 0 saturated carbocycles. The number of benzene rings is 2. The van der Waals surface area contributed by atoms with Gasteiger partial charge in [-0.3, -0.25) is 9.59 Å². The summed E-state index contributed by atoms with van der Waals surface area (Å²) in [4.78, 5) is 24.3. The molecule has 0 bridgehead atoms. The van der Waals surface area contributed by atoms with Crippen LogP contribution in [0, 0.1) is 0 Å². The van der Waals surface area contributed by atoms with Crippen LogP contribution in [0.5, 0.6) is 11.5 Å². The summed E-state index contributed by atoms with van der Waals surface area (Å²) in [5.41, 5.74) is 1.48. The highest BCUT2D eigenvalue weighted by molar-refractivity contribution is 7.89. The second-order valence-corrected chi connectivity index (χ2v) is 7.96. The van der Waals surface area contributed by atoms with E-state index in [4.69, 9.17) is 14.6 Å². The number of carbonyl (C=O) groups is 2. The summed E-state index contributed by atoms with van der Waals surface area (Å²) in [5, 5.41) is 15.1. The number of carbonyl (C=O) groups excluding carboxylic acids is 1. The Morgan fingerprint density at radius 1 is 1.03 bits per heavy atom. The molecule has 1 amide bonds. The summed E-state index contributed by atoms with van der Waals surface area (Å²) in [6.07, 6.45) is -0.388. The zero-order chi connectivity index (χ0) is 23.0. The van der Waals surface area contributed by atoms with E-state index in [0.717, 1.165) is 0 Å². The van der Waals surface area contributed by atoms with Gasteiger partial charge in [0, 0.05) is 18.2 Å². The molecule has 0 aliphatic rings. The highest BCUT2D eigenvalue weighted by Gasteiger charge is 2.20. The third-order valence-electron chi connectivity index (χ3n) is 4.15. The molecule has 2 rings (SSSR count). The second-order valence-electron chi connectivity index (χ2n) is 6.33. The van der Waals surface area contributed by atoms with E-state index in [1.807, 2.05) is 0 Å². The van der Waals surface area contributed by atoms with Gasteiger partial charge in [0.05, 0.1) is 26.4 Å². The van der Waals surface area contributed by atoms with E-state index in [1.54, 1.807) is 37.3 Å². The number of amides is 1. The first-order valence-corrected chi connectivity index (χ1v) is 10.5. The van der Waals surface area contributed by atoms with Gasteiger partial charge in [-0.15, -0.1) is 0 Å². The van der Waals surface area contributed by atoms with Crippen molar-refractivity contribution in [2.75, 3.05) is 19.5 Å². The van der Waals surface area contributed by atoms with Gasteiger partial charge in [0.1, 0.15) is 16.4 Å². The predicted octanol–water partition coefficient (Wildman–Crippen LogP) is 2.21. The van der Waals surface area contributed by atoms with Crippen LogP contribution in [-0.4, -0.2) is 45.3 Å². The molecule has 31 heavy (non-hydrogen) atoms. The van der Waals surface area contributed by atoms with Gasteiger partial charge in [0.25, 0.3) is 10.0 Å². The molecular weight excluding hydrogens is 426 g/mol. The molecule has 10 nitrogen and oxygen atoms in total. The number of hydrazone groups is 1. The molecule has 3 N–H and O–H groups in total. The third-order valence-corrected chi connectivity index (χ3v) is 5.38. The number of carboxylic acid groups (broad SMARTS) is 1. The van der Waals surface area contributed by atoms with Crippen LogP contribution >= 0.6 is 0 Å². The van der Waals surface area contributed by atoms with E-state index >= 15 is 0 Å². The fourth-order valence-corrected chi connectivity index (χ4v) is 3.52. The van der Waals surface area contributed by atoms with Gasteiger partial charge in [-0.1, -0.05) is 12.1 Å². The Balaban J connectivity index is 2.11. The lowest BCUT2D eigenvalue weighted by molar-refractivity contribution is -0.138. The van der Waals surface area contributed by atoms with Gasteiger partial charge in [-0.25, -0.2) is 0 Å². The van der Waals surface area contributed by atoms with Gasteiger partial charge in [-0.05, 0) is 36.8 Å². The van der Waals surface area contributed by atoms with Crippen LogP contribution in [0.3, 0.4) is 0 Å². The number of sulfonamides is 1. The standard InChI is InChI=1S/C20H23N3O7S/c1-13(14-4-6-15(7-5-14)21-19(24)10-11-20(25)26)22-23-31(27,28)18-12-16(29-2)8-9-17(18)30-3/h4-9,12,23H,10-11H2,1-3H3,(H,21,24)(H,25,26). The molecule has 0 aliphatic heterocycles. The number of hydrogen-bond acceptors (Lipinski definition) is 7. The van der Waals surface area contributed by atoms with E-state index in [9.17, 15) is 18.0 Å². The maximum absolute atomic E-state index is 12.7. The molecule has 0 atom stereocenters. The molecule has 2 aromatic rings. The van der Waals surface area contributed by atoms with Crippen molar-refractivity contribution in [2.45, 2.75) is 24.7 Å². The number of anilines is 1. The highest BCUT2D eigenvalue weighted by atomic mass is 32.2. The number of ether oxygens (including phenoxy) is 2. The van der Waals surface area contributed by atoms with Crippen molar-refractivity contribution < 1.29 is 32.6 Å². The molecule has 0 heterocycles. The quantitative estimate of drug-likeness (QED) is 0.373. The lowest BCUT2D eigenvalue weighted by Crippen LogP contribution is -2.20. The van der Waals surface area contributed by atoms with Crippen molar-refractivity contribution in [1.82, 2.24) is 4.83 Å². The zero-order valence-electron chi connectivity index (χ0n) is 17.2. The molecular formula is C20H23N3O7S. The minimum atomic E-state index is -4.02. The molecule has 0 radical (unpaired) electrons. The lowest BCUT2D eigenvalue weighted by Gasteiger charge is -2.11. The average Bonchev–Trinajstić information content (AvgIpc) is 2.76. The van der Waals surface area contributed by atoms with Crippen molar-refractivity contribution in [3.8, 4) is 11.5 Å². The SMILES string of the molecule is COc1ccc(OC)c(S(=O)(=O)NN=C(C)c2ccc(NC(=O)CCC(=O)O)cc2)c1. The lowest BCUT2D eigenvalue weighted by atomic mass is 10.1. The fraction of sp³-hybridized carbons (Fsp3) is 0.250. The minimum Gasteiger partial charge on any atom is -0.497 e. The molecule has 0 aliphatic carbocycles. The largest absolute Gasteiger partial charge is 0.497 e. The third kappa shape index (κ3) is 6.71. The fourth-order valence-electron chi connectivity index (χ4n) is 2.48. The van der Waals surface area contributed by atoms with Crippen molar-refractivity contribution in [3.63, 3.8) is 0 Å². The highest BCUT2D eigenvalue weighted by Crippen LogP contribution is 2.28. The van der Waals surface area contributed by atoms with Crippen molar-refractivity contribution >= 4 is 33.3 Å². The van der Waals surface area contributed by atoms with E-state index in [2.05, 4.69) is 15.2 Å². The number of carboxylic acids is 1. The van der Waals surface area contributed by atoms with Crippen molar-refractivity contribution in [3.05, 3.63) is 48.0 Å². The minimum absolute atomic E-state index is 0.120. The summed E-state index contributed by atoms with van der Waals surface area (Å²) in [5.74, 6) is -0.973. The number of nitrogens with zero attached hydrogens (tertiary/aromatic N) is 1. The zero-order valence-corrected chi connectivity index (χ0v) is 18.0. The normalized spacial score (nSPS) is 11.5. The van der Waals surface area contributed by atoms with Crippen LogP contribution in [0.4, 0.5) is 5.69 Å². The van der Waals surface area contributed by atoms with E-state index < -0.39 is 21.9 Å². The van der Waals surface area contributed by atoms with Gasteiger partial charge >= 0.3 is 5.97 Å². The summed E-state index contributed by atoms with van der Waals surface area (Å²) >= 11 is 0. The Bertz CT molecular complexity index is 1080. The molecule has 2 aromatic carbocycles. The maximum Gasteiger partial charge on any atom is 0.303 e. The summed E-state index contributed by atoms with van der Waals surface area (Å²) in [6.45, 7) is 1.62. The van der Waals surface area contributed by atoms with Gasteiger partial charge in [-0.2, -0.15) is 18.4 Å². The number of rotatable bonds is 10. The average molecular weight is 449 g/mol. The molecule has 0 saturated heterocycles. The Hall–Kier alpha value is -3.60. The van der Waals surface area contributed by atoms with Crippen LogP contribution in [0.1, 0.15) is 25.3 Å². The predicted molar refractivity (Wildman–Crippen MR) is 114 cm³/mol. The Kier molecular flexibility index (Phi) is 7.97. The summed E-state index contributed by atoms with van der Waals surface area (Å²) in [7, 11) is -1.24. The first-order chi connectivity index (χ1) is 14.7. The van der Waals surface area contributed by atoms with Crippen molar-refractivity contribution in [1.29, 1.82) is 0 Å². The summed E-state index contributed by atoms with van der Waals surface area (Å²) < 4.78 is 35.5. The van der Waals surface area contributed by atoms with Crippen LogP contribution in [0.15, 0.2) is 52.5 Å². The smallest absolute Gasteiger partial charge is 0.303 e. The topological polar surface area (TPSA) is 143 Å². The van der Waals surface area contributed by atoms with Gasteiger partial charge < -0.3 is 19.9 Å². The van der Waals surface area contributed by atoms with E-state index in [-0.39, 0.29) is 23.5 Å². The summed E-state index contributed by atoms with van der Waals surface area (Å²) in [6, 6.07) is 10.9. The Morgan fingerprint density at radius 2 is 1.71 bits per heavy atom. The van der Waals surface area contributed by atoms with Crippen LogP contribution < -0.4 is 19.6 Å². The van der Waals surface area contributed by atoms with Gasteiger partial charge in [0.2, 0.25) is 5.91 Å². The molecule has 0 fully saturated rings. The molecule has 0 aromatic heterocycles. The number of aliphatic carboxylic acids is 1. The maximum atomic E-state index is 12.7. The first-order valence-electron chi connectivity index (χ1n) is 9.06. The monoisotopic (exact) mass is 449 g/mol. The van der Waals surface area contributed by atoms with Crippen LogP contribution in [0.25, 0.3) is 0 Å². The number of hydrogen-bond donors (Lipinski definition) is 3. The molecule has 11 heteroatoms. The Morgan fingerprint density at radius 3 is 2.29 bits per heavy atom. The van der Waals surface area contributed by atoms with E-state index in [1.165, 1.54) is 26.4 Å². The first kappa shape index (κ1) is 23.7. The molecule has 166 valence electrons. The Labute approximate surface area is 179 Å². The van der Waals surface area contributed by atoms with Gasteiger partial charge in [0.15, 0.2) is 0 Å². The number of nitrogens with one attached hydrogen (secondary N) is 2.